The Balaban J connectivity index is 0.000000711. The molecule has 2 aromatic rings. The third-order valence-corrected chi connectivity index (χ3v) is 5.71. The zero-order valence-corrected chi connectivity index (χ0v) is 22.4. The van der Waals surface area contributed by atoms with Gasteiger partial charge in [0.05, 0.1) is 36.1 Å². The Kier molecular flexibility index (Phi) is 14.9. The van der Waals surface area contributed by atoms with Gasteiger partial charge in [-0.05, 0) is 25.6 Å². The van der Waals surface area contributed by atoms with Gasteiger partial charge in [-0.3, -0.25) is 14.4 Å². The highest BCUT2D eigenvalue weighted by Gasteiger charge is 2.25. The average molecular weight is 577 g/mol. The zero-order chi connectivity index (χ0) is 28.3. The number of carboxylic acid groups (broad SMARTS) is 2. The fraction of sp³-hybridized carbons (Fsp3) is 0.450. The molecule has 0 spiro atoms. The van der Waals surface area contributed by atoms with Crippen molar-refractivity contribution >= 4 is 53.3 Å². The smallest absolute Gasteiger partial charge is 0.326 e. The number of hydrogen-bond donors (Lipinski definition) is 9. The Labute approximate surface area is 226 Å². The number of hydrogen-bond acceptors (Lipinski definition) is 11. The van der Waals surface area contributed by atoms with E-state index in [0.717, 1.165) is 11.8 Å². The highest BCUT2D eigenvalue weighted by Crippen LogP contribution is 2.20. The predicted molar refractivity (Wildman–Crippen MR) is 138 cm³/mol. The summed E-state index contributed by atoms with van der Waals surface area (Å²) in [6.45, 7) is 4.33. The van der Waals surface area contributed by atoms with E-state index >= 15 is 0 Å². The van der Waals surface area contributed by atoms with Crippen molar-refractivity contribution in [2.75, 3.05) is 0 Å². The number of nitrogens with zero attached hydrogens (tertiary/aromatic N) is 2. The van der Waals surface area contributed by atoms with Crippen LogP contribution in [0.1, 0.15) is 32.2 Å². The molecular formula is C20H32N8O8S2. The molecule has 0 aliphatic rings. The number of aromatic amines is 2. The molecule has 0 aliphatic heterocycles. The molecule has 2 amide bonds. The van der Waals surface area contributed by atoms with Crippen molar-refractivity contribution in [3.05, 3.63) is 24.0 Å². The van der Waals surface area contributed by atoms with E-state index in [0.29, 0.717) is 21.4 Å². The number of imidazole rings is 2. The summed E-state index contributed by atoms with van der Waals surface area (Å²) in [5.74, 6) is -3.40. The molecule has 212 valence electrons. The first kappa shape index (κ1) is 34.6. The van der Waals surface area contributed by atoms with Gasteiger partial charge in [0.1, 0.15) is 22.1 Å². The molecule has 18 heteroatoms. The highest BCUT2D eigenvalue weighted by atomic mass is 32.2. The lowest BCUT2D eigenvalue weighted by atomic mass is 10.1. The van der Waals surface area contributed by atoms with Gasteiger partial charge in [-0.1, -0.05) is 0 Å². The number of carbonyl (C=O) groups excluding carboxylic acids is 3. The maximum atomic E-state index is 11.5. The lowest BCUT2D eigenvalue weighted by Gasteiger charge is -2.15. The molecule has 4 atom stereocenters. The zero-order valence-electron chi connectivity index (χ0n) is 20.7. The van der Waals surface area contributed by atoms with Crippen molar-refractivity contribution in [1.29, 1.82) is 0 Å². The van der Waals surface area contributed by atoms with Crippen molar-refractivity contribution in [3.63, 3.8) is 0 Å². The van der Waals surface area contributed by atoms with Crippen molar-refractivity contribution in [2.45, 2.75) is 67.8 Å². The molecule has 0 bridgehead atoms. The second-order valence-corrected chi connectivity index (χ2v) is 9.36. The van der Waals surface area contributed by atoms with Gasteiger partial charge in [0, 0.05) is 19.8 Å². The first-order valence-corrected chi connectivity index (χ1v) is 12.0. The number of amides is 2. The molecule has 12 N–H and O–H groups in total. The van der Waals surface area contributed by atoms with Gasteiger partial charge in [-0.2, -0.15) is 0 Å². The van der Waals surface area contributed by atoms with E-state index in [1.807, 2.05) is 0 Å². The summed E-state index contributed by atoms with van der Waals surface area (Å²) in [6, 6.07) is -3.75. The van der Waals surface area contributed by atoms with Gasteiger partial charge in [-0.25, -0.2) is 19.6 Å². The monoisotopic (exact) mass is 576 g/mol. The van der Waals surface area contributed by atoms with E-state index < -0.39 is 47.9 Å². The molecule has 0 aliphatic carbocycles. The Hall–Kier alpha value is -3.45. The molecule has 0 unspecified atom stereocenters. The van der Waals surface area contributed by atoms with E-state index in [9.17, 15) is 24.0 Å². The molecule has 0 saturated carbocycles. The maximum Gasteiger partial charge on any atom is 0.326 e. The molecule has 0 aromatic carbocycles. The van der Waals surface area contributed by atoms with Gasteiger partial charge in [0.2, 0.25) is 11.8 Å². The van der Waals surface area contributed by atoms with Gasteiger partial charge in [-0.15, -0.1) is 12.6 Å². The van der Waals surface area contributed by atoms with Gasteiger partial charge >= 0.3 is 11.9 Å². The SMILES string of the molecule is CC(=O)Sc1nc[nH]c1C[C@H](NC(=O)[C@H](C)N)C(=O)O.C[C@H](N)C(=O)N[C@@H](Cc1[nH]cnc1S)C(=O)O.O. The molecule has 2 heterocycles. The van der Waals surface area contributed by atoms with Crippen LogP contribution >= 0.6 is 24.4 Å². The van der Waals surface area contributed by atoms with E-state index in [1.54, 1.807) is 0 Å². The van der Waals surface area contributed by atoms with Crippen molar-refractivity contribution in [1.82, 2.24) is 30.6 Å². The third kappa shape index (κ3) is 11.7. The first-order chi connectivity index (χ1) is 17.2. The summed E-state index contributed by atoms with van der Waals surface area (Å²) < 4.78 is 0. The number of nitrogens with two attached hydrogens (primary N) is 2. The van der Waals surface area contributed by atoms with Crippen molar-refractivity contribution < 1.29 is 39.7 Å². The molecular weight excluding hydrogens is 544 g/mol. The third-order valence-electron chi connectivity index (χ3n) is 4.49. The number of aromatic nitrogens is 4. The average Bonchev–Trinajstić information content (AvgIpc) is 3.40. The quantitative estimate of drug-likeness (QED) is 0.102. The number of nitrogens with one attached hydrogen (secondary N) is 4. The number of rotatable bonds is 11. The second kappa shape index (κ2) is 16.4. The Morgan fingerprint density at radius 2 is 1.34 bits per heavy atom. The van der Waals surface area contributed by atoms with Crippen molar-refractivity contribution in [2.24, 2.45) is 11.5 Å². The number of carboxylic acids is 2. The first-order valence-electron chi connectivity index (χ1n) is 10.7. The summed E-state index contributed by atoms with van der Waals surface area (Å²) in [7, 11) is 0. The lowest BCUT2D eigenvalue weighted by molar-refractivity contribution is -0.142. The van der Waals surface area contributed by atoms with E-state index in [2.05, 4.69) is 43.2 Å². The maximum absolute atomic E-state index is 11.5. The summed E-state index contributed by atoms with van der Waals surface area (Å²) in [5, 5.41) is 23.4. The minimum absolute atomic E-state index is 0. The molecule has 0 fully saturated rings. The number of H-pyrrole nitrogens is 2. The normalized spacial score (nSPS) is 13.4. The van der Waals surface area contributed by atoms with Crippen LogP contribution in [0.15, 0.2) is 22.7 Å². The standard InChI is InChI=1S/C11H16N4O4S.C9H14N4O3S.H2O/c1-5(12)9(17)15-8(11(18)19)3-7-10(14-4-13-7)20-6(2)16;1-4(10)7(14)13-6(9(15)16)2-5-8(17)12-3-11-5;/h4-5,8H,3,12H2,1-2H3,(H,13,14)(H,15,17)(H,18,19);3-4,6,17H,2,10H2,1H3,(H,11,12)(H,13,14)(H,15,16);1H2/t5-,8-;4-,6-;/m00./s1. The van der Waals surface area contributed by atoms with Gasteiger partial charge in [0.25, 0.3) is 0 Å². The van der Waals surface area contributed by atoms with Crippen LogP contribution in [0.25, 0.3) is 0 Å². The van der Waals surface area contributed by atoms with Crippen LogP contribution in [0.3, 0.4) is 0 Å². The number of aliphatic carboxylic acids is 2. The van der Waals surface area contributed by atoms with Crippen LogP contribution < -0.4 is 22.1 Å². The molecule has 2 rings (SSSR count). The van der Waals surface area contributed by atoms with Crippen LogP contribution in [0.5, 0.6) is 0 Å². The number of carbonyl (C=O) groups is 5. The summed E-state index contributed by atoms with van der Waals surface area (Å²) in [5.41, 5.74) is 11.7. The fourth-order valence-corrected chi connectivity index (χ4v) is 3.41. The topological polar surface area (TPSA) is 291 Å². The van der Waals surface area contributed by atoms with Gasteiger partial charge < -0.3 is 47.8 Å². The predicted octanol–water partition coefficient (Wildman–Crippen LogP) is -2.16. The minimum Gasteiger partial charge on any atom is -0.480 e. The molecule has 38 heavy (non-hydrogen) atoms. The lowest BCUT2D eigenvalue weighted by Crippen LogP contribution is -2.48. The summed E-state index contributed by atoms with van der Waals surface area (Å²) in [6.07, 6.45) is 2.84. The number of thiol groups is 1. The Morgan fingerprint density at radius 1 is 0.921 bits per heavy atom. The van der Waals surface area contributed by atoms with Gasteiger partial charge in [0.15, 0.2) is 5.12 Å². The highest BCUT2D eigenvalue weighted by molar-refractivity contribution is 8.13. The summed E-state index contributed by atoms with van der Waals surface area (Å²) >= 11 is 4.95. The fourth-order valence-electron chi connectivity index (χ4n) is 2.56. The van der Waals surface area contributed by atoms with Crippen LogP contribution in [0, 0.1) is 0 Å². The largest absolute Gasteiger partial charge is 0.480 e. The minimum atomic E-state index is -1.19. The Bertz CT molecular complexity index is 1100. The second-order valence-electron chi connectivity index (χ2n) is 7.77. The van der Waals surface area contributed by atoms with Crippen LogP contribution in [0.2, 0.25) is 0 Å². The number of thioether (sulfide) groups is 1. The molecule has 0 radical (unpaired) electrons. The molecule has 16 nitrogen and oxygen atoms in total. The molecule has 0 saturated heterocycles. The Morgan fingerprint density at radius 3 is 1.71 bits per heavy atom. The van der Waals surface area contributed by atoms with Crippen LogP contribution in [-0.2, 0) is 36.8 Å². The van der Waals surface area contributed by atoms with Crippen LogP contribution in [-0.4, -0.2) is 88.7 Å². The summed E-state index contributed by atoms with van der Waals surface area (Å²) in [4.78, 5) is 69.3. The van der Waals surface area contributed by atoms with Crippen LogP contribution in [0.4, 0.5) is 0 Å². The van der Waals surface area contributed by atoms with E-state index in [4.69, 9.17) is 21.7 Å². The van der Waals surface area contributed by atoms with E-state index in [-0.39, 0.29) is 23.4 Å². The van der Waals surface area contributed by atoms with E-state index in [1.165, 1.54) is 33.4 Å². The van der Waals surface area contributed by atoms with Crippen molar-refractivity contribution in [3.8, 4) is 0 Å². The molecule has 2 aromatic heterocycles.